The molecule has 0 bridgehead atoms. The van der Waals surface area contributed by atoms with Gasteiger partial charge >= 0.3 is 0 Å². The smallest absolute Gasteiger partial charge is 0.121 e. The van der Waals surface area contributed by atoms with Crippen molar-refractivity contribution in [1.29, 1.82) is 0 Å². The lowest BCUT2D eigenvalue weighted by molar-refractivity contribution is 0.455. The molecule has 1 aromatic carbocycles. The van der Waals surface area contributed by atoms with Crippen molar-refractivity contribution in [3.05, 3.63) is 45.4 Å². The van der Waals surface area contributed by atoms with Crippen LogP contribution >= 0.6 is 22.9 Å². The third kappa shape index (κ3) is 3.02. The Bertz CT molecular complexity index is 481. The van der Waals surface area contributed by atoms with Gasteiger partial charge in [0, 0.05) is 28.7 Å². The van der Waals surface area contributed by atoms with Crippen molar-refractivity contribution in [2.75, 3.05) is 0 Å². The monoisotopic (exact) mass is 282 g/mol. The predicted molar refractivity (Wildman–Crippen MR) is 75.1 cm³/mol. The summed E-state index contributed by atoms with van der Waals surface area (Å²) in [5, 5.41) is 16.7. The predicted octanol–water partition coefficient (Wildman–Crippen LogP) is 3.74. The van der Waals surface area contributed by atoms with Crippen LogP contribution in [0.5, 0.6) is 5.75 Å². The summed E-state index contributed by atoms with van der Waals surface area (Å²) in [7, 11) is 0. The van der Waals surface area contributed by atoms with Crippen LogP contribution in [0.25, 0.3) is 0 Å². The van der Waals surface area contributed by atoms with Gasteiger partial charge in [-0.3, -0.25) is 0 Å². The van der Waals surface area contributed by atoms with Crippen molar-refractivity contribution in [3.63, 3.8) is 0 Å². The molecule has 1 atom stereocenters. The van der Waals surface area contributed by atoms with E-state index < -0.39 is 0 Å². The number of halogens is 1. The normalized spacial score (nSPS) is 12.6. The molecule has 1 aromatic heterocycles. The molecule has 3 nitrogen and oxygen atoms in total. The molecule has 0 fully saturated rings. The molecule has 96 valence electrons. The molecule has 0 amide bonds. The Labute approximate surface area is 115 Å². The second-order valence-electron chi connectivity index (χ2n) is 3.95. The summed E-state index contributed by atoms with van der Waals surface area (Å²) in [5.74, 6) is 0.226. The van der Waals surface area contributed by atoms with Crippen LogP contribution < -0.4 is 5.32 Å². The van der Waals surface area contributed by atoms with Crippen molar-refractivity contribution in [2.24, 2.45) is 0 Å². The summed E-state index contributed by atoms with van der Waals surface area (Å²) in [6, 6.07) is 5.36. The number of aromatic hydroxyl groups is 1. The first-order valence-corrected chi connectivity index (χ1v) is 7.07. The minimum Gasteiger partial charge on any atom is -0.508 e. The summed E-state index contributed by atoms with van der Waals surface area (Å²) in [6.07, 6.45) is 2.75. The Hall–Kier alpha value is -1.10. The van der Waals surface area contributed by atoms with Crippen molar-refractivity contribution in [1.82, 2.24) is 10.3 Å². The summed E-state index contributed by atoms with van der Waals surface area (Å²) in [5.41, 5.74) is 0.731. The molecule has 0 radical (unpaired) electrons. The molecule has 0 saturated heterocycles. The van der Waals surface area contributed by atoms with Gasteiger partial charge in [0.1, 0.15) is 10.8 Å². The molecule has 2 N–H and O–H groups in total. The molecule has 0 spiro atoms. The van der Waals surface area contributed by atoms with Crippen LogP contribution in [-0.4, -0.2) is 10.1 Å². The van der Waals surface area contributed by atoms with Gasteiger partial charge in [-0.25, -0.2) is 4.98 Å². The number of phenolic OH excluding ortho intramolecular Hbond substituents is 1. The highest BCUT2D eigenvalue weighted by Crippen LogP contribution is 2.26. The number of benzene rings is 1. The summed E-state index contributed by atoms with van der Waals surface area (Å²) in [4.78, 5) is 4.31. The van der Waals surface area contributed by atoms with Crippen molar-refractivity contribution < 1.29 is 5.11 Å². The van der Waals surface area contributed by atoms with Crippen LogP contribution in [0.3, 0.4) is 0 Å². The summed E-state index contributed by atoms with van der Waals surface area (Å²) in [6.45, 7) is 2.63. The minimum atomic E-state index is 0.195. The largest absolute Gasteiger partial charge is 0.508 e. The second kappa shape index (κ2) is 6.18. The lowest BCUT2D eigenvalue weighted by Crippen LogP contribution is -2.20. The van der Waals surface area contributed by atoms with E-state index in [4.69, 9.17) is 11.6 Å². The van der Waals surface area contributed by atoms with Gasteiger partial charge in [0.15, 0.2) is 0 Å². The van der Waals surface area contributed by atoms with Crippen molar-refractivity contribution in [2.45, 2.75) is 25.9 Å². The SMILES string of the molecule is CCC(NCc1c(O)cccc1Cl)c1nccs1. The van der Waals surface area contributed by atoms with Crippen molar-refractivity contribution in [3.8, 4) is 5.75 Å². The molecule has 1 unspecified atom stereocenters. The molecule has 18 heavy (non-hydrogen) atoms. The van der Waals surface area contributed by atoms with Gasteiger partial charge in [-0.15, -0.1) is 11.3 Å². The molecule has 0 aliphatic heterocycles. The first-order valence-electron chi connectivity index (χ1n) is 5.81. The van der Waals surface area contributed by atoms with E-state index in [0.29, 0.717) is 11.6 Å². The average Bonchev–Trinajstić information content (AvgIpc) is 2.87. The third-order valence-corrected chi connectivity index (χ3v) is 4.02. The van der Waals surface area contributed by atoms with Gasteiger partial charge < -0.3 is 10.4 Å². The van der Waals surface area contributed by atoms with E-state index in [2.05, 4.69) is 17.2 Å². The maximum Gasteiger partial charge on any atom is 0.121 e. The summed E-state index contributed by atoms with van der Waals surface area (Å²) < 4.78 is 0. The van der Waals surface area contributed by atoms with Crippen LogP contribution in [0, 0.1) is 0 Å². The van der Waals surface area contributed by atoms with E-state index in [0.717, 1.165) is 17.0 Å². The topological polar surface area (TPSA) is 45.1 Å². The number of phenols is 1. The first kappa shape index (κ1) is 13.3. The lowest BCUT2D eigenvalue weighted by atomic mass is 10.1. The van der Waals surface area contributed by atoms with E-state index in [1.165, 1.54) is 0 Å². The fraction of sp³-hybridized carbons (Fsp3) is 0.308. The molecular weight excluding hydrogens is 268 g/mol. The number of rotatable bonds is 5. The molecule has 0 saturated carbocycles. The summed E-state index contributed by atoms with van der Waals surface area (Å²) >= 11 is 7.70. The molecule has 2 aromatic rings. The van der Waals surface area contributed by atoms with Gasteiger partial charge in [0.05, 0.1) is 6.04 Å². The van der Waals surface area contributed by atoms with Gasteiger partial charge in [-0.1, -0.05) is 24.6 Å². The number of hydrogen-bond acceptors (Lipinski definition) is 4. The molecule has 1 heterocycles. The Morgan fingerprint density at radius 2 is 2.33 bits per heavy atom. The van der Waals surface area contributed by atoms with Gasteiger partial charge in [-0.05, 0) is 18.6 Å². The fourth-order valence-corrected chi connectivity index (χ4v) is 2.79. The molecular formula is C13H15ClN2OS. The Balaban J connectivity index is 2.06. The van der Waals surface area contributed by atoms with E-state index in [1.54, 1.807) is 35.7 Å². The van der Waals surface area contributed by atoms with E-state index in [9.17, 15) is 5.11 Å². The van der Waals surface area contributed by atoms with E-state index in [-0.39, 0.29) is 11.8 Å². The standard InChI is InChI=1S/C13H15ClN2OS/c1-2-11(13-15-6-7-18-13)16-8-9-10(14)4-3-5-12(9)17/h3-7,11,16-17H,2,8H2,1H3. The molecule has 5 heteroatoms. The third-order valence-electron chi connectivity index (χ3n) is 2.78. The number of thiazole rings is 1. The maximum atomic E-state index is 9.77. The van der Waals surface area contributed by atoms with Crippen LogP contribution in [0.1, 0.15) is 30.0 Å². The van der Waals surface area contributed by atoms with Crippen LogP contribution in [0.4, 0.5) is 0 Å². The number of nitrogens with one attached hydrogen (secondary N) is 1. The van der Waals surface area contributed by atoms with E-state index in [1.807, 2.05) is 5.38 Å². The minimum absolute atomic E-state index is 0.195. The van der Waals surface area contributed by atoms with Crippen molar-refractivity contribution >= 4 is 22.9 Å². The van der Waals surface area contributed by atoms with Crippen LogP contribution in [-0.2, 0) is 6.54 Å². The van der Waals surface area contributed by atoms with E-state index >= 15 is 0 Å². The molecule has 2 rings (SSSR count). The van der Waals surface area contributed by atoms with Gasteiger partial charge in [0.2, 0.25) is 0 Å². The molecule has 0 aliphatic carbocycles. The number of aromatic nitrogens is 1. The Morgan fingerprint density at radius 3 is 2.94 bits per heavy atom. The quantitative estimate of drug-likeness (QED) is 0.878. The fourth-order valence-electron chi connectivity index (χ4n) is 1.76. The zero-order valence-corrected chi connectivity index (χ0v) is 11.6. The zero-order valence-electron chi connectivity index (χ0n) is 10.1. The number of hydrogen-bond donors (Lipinski definition) is 2. The maximum absolute atomic E-state index is 9.77. The van der Waals surface area contributed by atoms with Crippen LogP contribution in [0.2, 0.25) is 5.02 Å². The zero-order chi connectivity index (χ0) is 13.0. The second-order valence-corrected chi connectivity index (χ2v) is 5.28. The molecule has 0 aliphatic rings. The highest BCUT2D eigenvalue weighted by molar-refractivity contribution is 7.09. The first-order chi connectivity index (χ1) is 8.72. The Kier molecular flexibility index (Phi) is 4.58. The highest BCUT2D eigenvalue weighted by atomic mass is 35.5. The average molecular weight is 283 g/mol. The lowest BCUT2D eigenvalue weighted by Gasteiger charge is -2.15. The van der Waals surface area contributed by atoms with Gasteiger partial charge in [-0.2, -0.15) is 0 Å². The number of nitrogens with zero attached hydrogens (tertiary/aromatic N) is 1. The highest BCUT2D eigenvalue weighted by Gasteiger charge is 2.13. The van der Waals surface area contributed by atoms with Gasteiger partial charge in [0.25, 0.3) is 0 Å². The van der Waals surface area contributed by atoms with Crippen LogP contribution in [0.15, 0.2) is 29.8 Å². The Morgan fingerprint density at radius 1 is 1.50 bits per heavy atom.